The van der Waals surface area contributed by atoms with Crippen LogP contribution in [0.3, 0.4) is 0 Å². The number of aromatic amines is 1. The highest BCUT2D eigenvalue weighted by atomic mass is 32.1. The van der Waals surface area contributed by atoms with Crippen LogP contribution in [0.2, 0.25) is 0 Å². The zero-order valence-electron chi connectivity index (χ0n) is 13.5. The Morgan fingerprint density at radius 2 is 1.64 bits per heavy atom. The molecule has 1 aliphatic carbocycles. The molecule has 5 rings (SSSR count). The van der Waals surface area contributed by atoms with Crippen molar-refractivity contribution in [2.45, 2.75) is 11.8 Å². The van der Waals surface area contributed by atoms with Gasteiger partial charge in [-0.1, -0.05) is 42.5 Å². The second-order valence-electron chi connectivity index (χ2n) is 6.34. The lowest BCUT2D eigenvalue weighted by atomic mass is 9.70. The maximum atomic E-state index is 4.63. The van der Waals surface area contributed by atoms with E-state index in [0.717, 1.165) is 17.7 Å². The van der Waals surface area contributed by atoms with Crippen molar-refractivity contribution in [3.8, 4) is 11.3 Å². The maximum Gasteiger partial charge on any atom is 0.0995 e. The zero-order valence-corrected chi connectivity index (χ0v) is 15.1. The first kappa shape index (κ1) is 14.9. The molecule has 25 heavy (non-hydrogen) atoms. The average molecular weight is 361 g/mol. The van der Waals surface area contributed by atoms with Crippen molar-refractivity contribution in [2.75, 3.05) is 0 Å². The van der Waals surface area contributed by atoms with Gasteiger partial charge >= 0.3 is 0 Å². The molecule has 0 unspecified atom stereocenters. The largest absolute Gasteiger partial charge is 0.281 e. The molecule has 0 atom stereocenters. The van der Waals surface area contributed by atoms with Crippen LogP contribution < -0.4 is 0 Å². The smallest absolute Gasteiger partial charge is 0.0995 e. The Bertz CT molecular complexity index is 975. The normalized spacial score (nSPS) is 15.2. The predicted octanol–water partition coefficient (Wildman–Crippen LogP) is 5.76. The van der Waals surface area contributed by atoms with Crippen molar-refractivity contribution in [2.24, 2.45) is 0 Å². The van der Waals surface area contributed by atoms with Crippen LogP contribution >= 0.6 is 22.7 Å². The number of hydrogen-bond acceptors (Lipinski definition) is 3. The van der Waals surface area contributed by atoms with Crippen molar-refractivity contribution in [3.63, 3.8) is 0 Å². The Hall–Kier alpha value is -2.43. The molecule has 3 aromatic heterocycles. The fraction of sp³-hybridized carbons (Fsp3) is 0.0952. The molecule has 0 bridgehead atoms. The second-order valence-corrected chi connectivity index (χ2v) is 7.90. The number of hydrogen-bond donors (Lipinski definition) is 1. The molecule has 122 valence electrons. The summed E-state index contributed by atoms with van der Waals surface area (Å²) in [5.74, 6) is 0. The van der Waals surface area contributed by atoms with E-state index in [0.29, 0.717) is 0 Å². The maximum absolute atomic E-state index is 4.63. The Labute approximate surface area is 154 Å². The number of rotatable bonds is 3. The number of thiophene rings is 2. The standard InChI is InChI=1S/C21H16N2S2/c1-2-4-15(5-3-1)20-18-6-9-21(12-19(18)22-23-20,16-7-10-24-13-16)17-8-11-25-14-17/h1-11,13-14H,12H2,(H,22,23). The van der Waals surface area contributed by atoms with E-state index < -0.39 is 0 Å². The van der Waals surface area contributed by atoms with Crippen LogP contribution in [0.4, 0.5) is 0 Å². The second kappa shape index (κ2) is 5.83. The number of fused-ring (bicyclic) bond motifs is 1. The van der Waals surface area contributed by atoms with Crippen molar-refractivity contribution < 1.29 is 0 Å². The molecule has 0 fully saturated rings. The molecule has 0 radical (unpaired) electrons. The summed E-state index contributed by atoms with van der Waals surface area (Å²) in [6.07, 6.45) is 5.52. The Morgan fingerprint density at radius 3 is 2.28 bits per heavy atom. The third-order valence-corrected chi connectivity index (χ3v) is 6.36. The van der Waals surface area contributed by atoms with Gasteiger partial charge in [-0.2, -0.15) is 27.8 Å². The van der Waals surface area contributed by atoms with Gasteiger partial charge in [0.05, 0.1) is 5.69 Å². The summed E-state index contributed by atoms with van der Waals surface area (Å²) in [4.78, 5) is 0. The Morgan fingerprint density at radius 1 is 0.920 bits per heavy atom. The first-order valence-corrected chi connectivity index (χ1v) is 10.1. The van der Waals surface area contributed by atoms with Gasteiger partial charge in [0.15, 0.2) is 0 Å². The van der Waals surface area contributed by atoms with Crippen LogP contribution in [0.5, 0.6) is 0 Å². The molecular formula is C21H16N2S2. The summed E-state index contributed by atoms with van der Waals surface area (Å²) < 4.78 is 0. The molecule has 0 amide bonds. The van der Waals surface area contributed by atoms with E-state index in [4.69, 9.17) is 0 Å². The van der Waals surface area contributed by atoms with Crippen LogP contribution in [0.25, 0.3) is 17.3 Å². The number of nitrogens with one attached hydrogen (secondary N) is 1. The molecule has 4 heteroatoms. The van der Waals surface area contributed by atoms with Crippen LogP contribution in [-0.4, -0.2) is 10.2 Å². The van der Waals surface area contributed by atoms with E-state index in [2.05, 4.69) is 80.3 Å². The fourth-order valence-electron chi connectivity index (χ4n) is 3.68. The lowest BCUT2D eigenvalue weighted by Crippen LogP contribution is -2.29. The molecule has 1 N–H and O–H groups in total. The number of nitrogens with zero attached hydrogens (tertiary/aromatic N) is 1. The molecule has 0 saturated heterocycles. The molecule has 3 heterocycles. The lowest BCUT2D eigenvalue weighted by molar-refractivity contribution is 0.625. The van der Waals surface area contributed by atoms with E-state index in [1.54, 1.807) is 22.7 Å². The molecule has 0 saturated carbocycles. The van der Waals surface area contributed by atoms with Gasteiger partial charge in [0.1, 0.15) is 0 Å². The molecule has 1 aliphatic rings. The summed E-state index contributed by atoms with van der Waals surface area (Å²) in [7, 11) is 0. The zero-order chi connectivity index (χ0) is 16.7. The highest BCUT2D eigenvalue weighted by Gasteiger charge is 2.37. The van der Waals surface area contributed by atoms with Gasteiger partial charge < -0.3 is 0 Å². The topological polar surface area (TPSA) is 28.7 Å². The Kier molecular flexibility index (Phi) is 3.47. The van der Waals surface area contributed by atoms with E-state index >= 15 is 0 Å². The highest BCUT2D eigenvalue weighted by Crippen LogP contribution is 2.44. The lowest BCUT2D eigenvalue weighted by Gasteiger charge is -2.32. The van der Waals surface area contributed by atoms with E-state index in [1.807, 2.05) is 6.07 Å². The minimum Gasteiger partial charge on any atom is -0.281 e. The number of H-pyrrole nitrogens is 1. The minimum absolute atomic E-state index is 0.104. The van der Waals surface area contributed by atoms with E-state index in [-0.39, 0.29) is 5.41 Å². The monoisotopic (exact) mass is 360 g/mol. The van der Waals surface area contributed by atoms with Gasteiger partial charge in [-0.25, -0.2) is 0 Å². The summed E-state index contributed by atoms with van der Waals surface area (Å²) in [5.41, 5.74) is 7.22. The van der Waals surface area contributed by atoms with Gasteiger partial charge in [-0.05, 0) is 44.8 Å². The summed E-state index contributed by atoms with van der Waals surface area (Å²) in [6, 6.07) is 14.9. The molecule has 0 spiro atoms. The quantitative estimate of drug-likeness (QED) is 0.495. The van der Waals surface area contributed by atoms with Gasteiger partial charge in [-0.3, -0.25) is 5.10 Å². The van der Waals surface area contributed by atoms with Crippen molar-refractivity contribution in [1.29, 1.82) is 0 Å². The molecule has 1 aromatic carbocycles. The number of benzene rings is 1. The summed E-state index contributed by atoms with van der Waals surface area (Å²) >= 11 is 3.51. The van der Waals surface area contributed by atoms with Crippen molar-refractivity contribution in [1.82, 2.24) is 10.2 Å². The highest BCUT2D eigenvalue weighted by molar-refractivity contribution is 7.08. The van der Waals surface area contributed by atoms with Gasteiger partial charge in [0.2, 0.25) is 0 Å². The first-order valence-electron chi connectivity index (χ1n) is 8.24. The van der Waals surface area contributed by atoms with E-state index in [9.17, 15) is 0 Å². The summed E-state index contributed by atoms with van der Waals surface area (Å²) in [5, 5.41) is 16.8. The third-order valence-electron chi connectivity index (χ3n) is 4.99. The van der Waals surface area contributed by atoms with Gasteiger partial charge in [0, 0.05) is 28.7 Å². The molecule has 4 aromatic rings. The van der Waals surface area contributed by atoms with Crippen LogP contribution in [0, 0.1) is 0 Å². The Balaban J connectivity index is 1.65. The predicted molar refractivity (Wildman–Crippen MR) is 106 cm³/mol. The van der Waals surface area contributed by atoms with Gasteiger partial charge in [0.25, 0.3) is 0 Å². The molecular weight excluding hydrogens is 344 g/mol. The van der Waals surface area contributed by atoms with Crippen molar-refractivity contribution in [3.05, 3.63) is 92.4 Å². The SMILES string of the molecule is C1=CC(c2ccsc2)(c2ccsc2)Cc2[nH]nc(-c3ccccc3)c21. The molecule has 0 aliphatic heterocycles. The summed E-state index contributed by atoms with van der Waals surface area (Å²) in [6.45, 7) is 0. The van der Waals surface area contributed by atoms with E-state index in [1.165, 1.54) is 22.4 Å². The van der Waals surface area contributed by atoms with Crippen LogP contribution in [-0.2, 0) is 11.8 Å². The number of aromatic nitrogens is 2. The van der Waals surface area contributed by atoms with Crippen LogP contribution in [0.1, 0.15) is 22.4 Å². The molecule has 2 nitrogen and oxygen atoms in total. The minimum atomic E-state index is -0.104. The number of allylic oxidation sites excluding steroid dienone is 1. The van der Waals surface area contributed by atoms with Gasteiger partial charge in [-0.15, -0.1) is 0 Å². The first-order chi connectivity index (χ1) is 12.4. The van der Waals surface area contributed by atoms with Crippen molar-refractivity contribution >= 4 is 28.7 Å². The average Bonchev–Trinajstić information content (AvgIpc) is 3.43. The fourth-order valence-corrected chi connectivity index (χ4v) is 5.16. The van der Waals surface area contributed by atoms with Crippen LogP contribution in [0.15, 0.2) is 70.1 Å². The third kappa shape index (κ3) is 2.33.